The highest BCUT2D eigenvalue weighted by atomic mass is 16.5. The van der Waals surface area contributed by atoms with Gasteiger partial charge in [0.25, 0.3) is 0 Å². The quantitative estimate of drug-likeness (QED) is 0.392. The van der Waals surface area contributed by atoms with E-state index in [4.69, 9.17) is 4.74 Å². The van der Waals surface area contributed by atoms with Crippen LogP contribution in [0.5, 0.6) is 0 Å². The minimum Gasteiger partial charge on any atom is -0.507 e. The van der Waals surface area contributed by atoms with E-state index in [-0.39, 0.29) is 17.1 Å². The van der Waals surface area contributed by atoms with Gasteiger partial charge in [-0.05, 0) is 30.9 Å². The molecule has 2 rings (SSSR count). The van der Waals surface area contributed by atoms with E-state index in [1.807, 2.05) is 51.1 Å². The molecule has 1 aromatic carbocycles. The molecule has 1 N–H and O–H groups in total. The van der Waals surface area contributed by atoms with E-state index in [0.29, 0.717) is 30.6 Å². The summed E-state index contributed by atoms with van der Waals surface area (Å²) in [5, 5.41) is 10.9. The smallest absolute Gasteiger partial charge is 0.193 e. The van der Waals surface area contributed by atoms with Gasteiger partial charge in [0.1, 0.15) is 17.1 Å². The summed E-state index contributed by atoms with van der Waals surface area (Å²) in [5.74, 6) is -0.469. The van der Waals surface area contributed by atoms with Gasteiger partial charge in [0.05, 0.1) is 12.5 Å². The fourth-order valence-corrected chi connectivity index (χ4v) is 4.28. The van der Waals surface area contributed by atoms with Crippen molar-refractivity contribution in [2.75, 3.05) is 7.11 Å². The molecule has 0 aromatic heterocycles. The van der Waals surface area contributed by atoms with Crippen molar-refractivity contribution in [3.8, 4) is 0 Å². The van der Waals surface area contributed by atoms with E-state index in [2.05, 4.69) is 0 Å². The Kier molecular flexibility index (Phi) is 8.00. The van der Waals surface area contributed by atoms with E-state index in [1.165, 1.54) is 6.08 Å². The molecule has 0 radical (unpaired) electrons. The molecule has 0 fully saturated rings. The molecular formula is C25H32O4. The molecule has 0 saturated carbocycles. The first-order chi connectivity index (χ1) is 14.0. The molecule has 1 aliphatic carbocycles. The number of hydrogen-bond donors (Lipinski definition) is 1. The van der Waals surface area contributed by atoms with Crippen LogP contribution in [0.3, 0.4) is 0 Å². The highest BCUT2D eigenvalue weighted by Gasteiger charge is 2.50. The summed E-state index contributed by atoms with van der Waals surface area (Å²) >= 11 is 0. The second-order valence-corrected chi connectivity index (χ2v) is 7.50. The Hall–Kier alpha value is -2.62. The Balaban J connectivity index is 2.61. The number of allylic oxidation sites excluding steroid dienone is 4. The maximum atomic E-state index is 13.6. The van der Waals surface area contributed by atoms with Crippen molar-refractivity contribution < 1.29 is 19.4 Å². The van der Waals surface area contributed by atoms with Crippen LogP contribution in [0.25, 0.3) is 6.08 Å². The maximum absolute atomic E-state index is 13.6. The van der Waals surface area contributed by atoms with Crippen LogP contribution in [0.2, 0.25) is 0 Å². The standard InChI is InChI=1S/C25H32O4/c1-5-11-19-22(27)21(20(26)15-14-18-12-9-8-10-13-18)23(28)25(16-6-2,17-7-3)24(19)29-4/h8-10,12-15,27H,5-7,11,16-17H2,1-4H3/b15-14+. The van der Waals surface area contributed by atoms with Crippen LogP contribution < -0.4 is 0 Å². The molecule has 4 heteroatoms. The molecule has 0 heterocycles. The SMILES string of the molecule is CCCC1=C(OC)C(CCC)(CCC)C(=O)C(C(=O)/C=C/c2ccccc2)=C1O. The van der Waals surface area contributed by atoms with E-state index < -0.39 is 11.2 Å². The van der Waals surface area contributed by atoms with Crippen molar-refractivity contribution in [2.45, 2.75) is 59.3 Å². The van der Waals surface area contributed by atoms with Crippen LogP contribution in [0.15, 0.2) is 59.1 Å². The molecule has 0 bridgehead atoms. The number of carbonyl (C=O) groups excluding carboxylic acids is 2. The van der Waals surface area contributed by atoms with Crippen molar-refractivity contribution in [2.24, 2.45) is 5.41 Å². The number of carbonyl (C=O) groups is 2. The lowest BCUT2D eigenvalue weighted by Crippen LogP contribution is -2.41. The molecule has 4 nitrogen and oxygen atoms in total. The zero-order chi connectivity index (χ0) is 21.4. The van der Waals surface area contributed by atoms with E-state index in [9.17, 15) is 14.7 Å². The Labute approximate surface area is 174 Å². The second kappa shape index (κ2) is 10.2. The number of methoxy groups -OCH3 is 1. The average Bonchev–Trinajstić information content (AvgIpc) is 2.72. The summed E-state index contributed by atoms with van der Waals surface area (Å²) in [6.07, 6.45) is 7.10. The normalized spacial score (nSPS) is 16.6. The lowest BCUT2D eigenvalue weighted by atomic mass is 9.66. The van der Waals surface area contributed by atoms with Crippen molar-refractivity contribution in [3.05, 3.63) is 64.6 Å². The maximum Gasteiger partial charge on any atom is 0.193 e. The van der Waals surface area contributed by atoms with Gasteiger partial charge in [-0.1, -0.05) is 76.4 Å². The molecule has 29 heavy (non-hydrogen) atoms. The lowest BCUT2D eigenvalue weighted by Gasteiger charge is -2.38. The molecule has 0 saturated heterocycles. The number of ether oxygens (including phenoxy) is 1. The van der Waals surface area contributed by atoms with Crippen LogP contribution in [-0.4, -0.2) is 23.8 Å². The van der Waals surface area contributed by atoms with E-state index in [1.54, 1.807) is 13.2 Å². The number of aliphatic hydroxyl groups excluding tert-OH is 1. The first-order valence-corrected chi connectivity index (χ1v) is 10.5. The number of hydrogen-bond acceptors (Lipinski definition) is 4. The highest BCUT2D eigenvalue weighted by Crippen LogP contribution is 2.48. The zero-order valence-corrected chi connectivity index (χ0v) is 18.0. The molecular weight excluding hydrogens is 364 g/mol. The van der Waals surface area contributed by atoms with Crippen LogP contribution in [-0.2, 0) is 14.3 Å². The fraction of sp³-hybridized carbons (Fsp3) is 0.440. The van der Waals surface area contributed by atoms with E-state index in [0.717, 1.165) is 24.8 Å². The monoisotopic (exact) mass is 396 g/mol. The Morgan fingerprint density at radius 3 is 2.21 bits per heavy atom. The molecule has 1 aliphatic rings. The van der Waals surface area contributed by atoms with Crippen LogP contribution >= 0.6 is 0 Å². The molecule has 0 amide bonds. The fourth-order valence-electron chi connectivity index (χ4n) is 4.28. The molecule has 156 valence electrons. The molecule has 0 aliphatic heterocycles. The Bertz CT molecular complexity index is 822. The summed E-state index contributed by atoms with van der Waals surface area (Å²) in [5.41, 5.74) is 0.455. The zero-order valence-electron chi connectivity index (χ0n) is 18.0. The first kappa shape index (κ1) is 22.7. The summed E-state index contributed by atoms with van der Waals surface area (Å²) in [6, 6.07) is 9.42. The second-order valence-electron chi connectivity index (χ2n) is 7.50. The van der Waals surface area contributed by atoms with Gasteiger partial charge in [0.15, 0.2) is 11.6 Å². The van der Waals surface area contributed by atoms with Gasteiger partial charge in [0, 0.05) is 5.57 Å². The predicted molar refractivity (Wildman–Crippen MR) is 116 cm³/mol. The van der Waals surface area contributed by atoms with Gasteiger partial charge in [-0.3, -0.25) is 9.59 Å². The topological polar surface area (TPSA) is 63.6 Å². The van der Waals surface area contributed by atoms with Crippen molar-refractivity contribution in [3.63, 3.8) is 0 Å². The van der Waals surface area contributed by atoms with Gasteiger partial charge in [-0.25, -0.2) is 0 Å². The first-order valence-electron chi connectivity index (χ1n) is 10.5. The summed E-state index contributed by atoms with van der Waals surface area (Å²) in [6.45, 7) is 6.04. The van der Waals surface area contributed by atoms with Gasteiger partial charge in [0.2, 0.25) is 0 Å². The molecule has 0 spiro atoms. The minimum atomic E-state index is -0.888. The van der Waals surface area contributed by atoms with Gasteiger partial charge >= 0.3 is 0 Å². The van der Waals surface area contributed by atoms with Gasteiger partial charge in [-0.2, -0.15) is 0 Å². The Morgan fingerprint density at radius 2 is 1.69 bits per heavy atom. The molecule has 1 aromatic rings. The number of aliphatic hydroxyl groups is 1. The summed E-state index contributed by atoms with van der Waals surface area (Å²) in [4.78, 5) is 26.7. The summed E-state index contributed by atoms with van der Waals surface area (Å²) in [7, 11) is 1.55. The van der Waals surface area contributed by atoms with Crippen LogP contribution in [0.1, 0.15) is 64.9 Å². The number of ketones is 2. The third-order valence-corrected chi connectivity index (χ3v) is 5.42. The Morgan fingerprint density at radius 1 is 1.07 bits per heavy atom. The average molecular weight is 397 g/mol. The summed E-state index contributed by atoms with van der Waals surface area (Å²) < 4.78 is 5.71. The lowest BCUT2D eigenvalue weighted by molar-refractivity contribution is -0.128. The van der Waals surface area contributed by atoms with Crippen molar-refractivity contribution in [1.29, 1.82) is 0 Å². The molecule has 0 unspecified atom stereocenters. The largest absolute Gasteiger partial charge is 0.507 e. The van der Waals surface area contributed by atoms with Crippen LogP contribution in [0, 0.1) is 5.41 Å². The van der Waals surface area contributed by atoms with Gasteiger partial charge in [-0.15, -0.1) is 0 Å². The van der Waals surface area contributed by atoms with Crippen LogP contribution in [0.4, 0.5) is 0 Å². The molecule has 0 atom stereocenters. The third kappa shape index (κ3) is 4.52. The number of rotatable bonds is 10. The minimum absolute atomic E-state index is 0.108. The predicted octanol–water partition coefficient (Wildman–Crippen LogP) is 5.95. The van der Waals surface area contributed by atoms with Crippen molar-refractivity contribution >= 4 is 17.6 Å². The van der Waals surface area contributed by atoms with Crippen molar-refractivity contribution in [1.82, 2.24) is 0 Å². The van der Waals surface area contributed by atoms with Gasteiger partial charge < -0.3 is 9.84 Å². The van der Waals surface area contributed by atoms with E-state index >= 15 is 0 Å². The number of benzene rings is 1. The highest BCUT2D eigenvalue weighted by molar-refractivity contribution is 6.28. The third-order valence-electron chi connectivity index (χ3n) is 5.42. The number of Topliss-reactive ketones (excluding diaryl/α,β-unsaturated/α-hetero) is 1.